The van der Waals surface area contributed by atoms with E-state index >= 15 is 0 Å². The summed E-state index contributed by atoms with van der Waals surface area (Å²) in [5.74, 6) is 1.03. The van der Waals surface area contributed by atoms with E-state index in [1.54, 1.807) is 30.6 Å². The molecule has 0 fully saturated rings. The van der Waals surface area contributed by atoms with Crippen LogP contribution in [0.4, 0.5) is 16.6 Å². The Labute approximate surface area is 123 Å². The van der Waals surface area contributed by atoms with Crippen molar-refractivity contribution in [3.05, 3.63) is 12.4 Å². The van der Waals surface area contributed by atoms with Crippen LogP contribution in [0.15, 0.2) is 12.4 Å². The molecule has 0 radical (unpaired) electrons. The second-order valence-electron chi connectivity index (χ2n) is 4.97. The fourth-order valence-corrected chi connectivity index (χ4v) is 1.94. The van der Waals surface area contributed by atoms with Crippen LogP contribution in [0, 0.1) is 0 Å². The van der Waals surface area contributed by atoms with Gasteiger partial charge in [-0.15, -0.1) is 10.2 Å². The van der Waals surface area contributed by atoms with Crippen LogP contribution in [0.5, 0.6) is 0 Å². The summed E-state index contributed by atoms with van der Waals surface area (Å²) < 4.78 is 6.71. The smallest absolute Gasteiger partial charge is 0.414 e. The number of amides is 1. The standard InChI is InChI=1S/C13H20N6O2/c1-5-7-18(4)10-11-16-17-12(19(11)8-6-14-10)15-13(20)21-9(2)3/h6,8-9H,5,7H2,1-4H3,(H,15,17,20). The number of carbonyl (C=O) groups is 1. The molecule has 0 aliphatic rings. The summed E-state index contributed by atoms with van der Waals surface area (Å²) in [5.41, 5.74) is 0.591. The predicted molar refractivity (Wildman–Crippen MR) is 79.6 cm³/mol. The Morgan fingerprint density at radius 3 is 2.90 bits per heavy atom. The minimum absolute atomic E-state index is 0.197. The molecule has 0 spiro atoms. The number of nitrogens with zero attached hydrogens (tertiary/aromatic N) is 5. The van der Waals surface area contributed by atoms with E-state index in [1.807, 2.05) is 11.9 Å². The van der Waals surface area contributed by atoms with E-state index < -0.39 is 6.09 Å². The van der Waals surface area contributed by atoms with Gasteiger partial charge in [-0.25, -0.2) is 9.78 Å². The molecule has 2 rings (SSSR count). The summed E-state index contributed by atoms with van der Waals surface area (Å²) >= 11 is 0. The largest absolute Gasteiger partial charge is 0.447 e. The van der Waals surface area contributed by atoms with Gasteiger partial charge in [-0.2, -0.15) is 0 Å². The van der Waals surface area contributed by atoms with Crippen molar-refractivity contribution in [1.82, 2.24) is 19.6 Å². The summed E-state index contributed by atoms with van der Waals surface area (Å²) in [6, 6.07) is 0. The fraction of sp³-hybridized carbons (Fsp3) is 0.538. The maximum absolute atomic E-state index is 11.6. The average molecular weight is 292 g/mol. The molecule has 0 aliphatic heterocycles. The Bertz CT molecular complexity index is 624. The minimum atomic E-state index is -0.556. The van der Waals surface area contributed by atoms with Crippen LogP contribution in [0.1, 0.15) is 27.2 Å². The van der Waals surface area contributed by atoms with Crippen LogP contribution in [0.25, 0.3) is 5.65 Å². The zero-order valence-electron chi connectivity index (χ0n) is 12.7. The quantitative estimate of drug-likeness (QED) is 0.906. The van der Waals surface area contributed by atoms with Crippen LogP contribution in [-0.2, 0) is 4.74 Å². The van der Waals surface area contributed by atoms with Gasteiger partial charge in [0.25, 0.3) is 0 Å². The van der Waals surface area contributed by atoms with E-state index in [2.05, 4.69) is 27.4 Å². The average Bonchev–Trinajstić information content (AvgIpc) is 2.81. The highest BCUT2D eigenvalue weighted by Crippen LogP contribution is 2.18. The normalized spacial score (nSPS) is 10.9. The third kappa shape index (κ3) is 3.39. The Morgan fingerprint density at radius 2 is 2.24 bits per heavy atom. The van der Waals surface area contributed by atoms with Gasteiger partial charge in [-0.3, -0.25) is 9.72 Å². The van der Waals surface area contributed by atoms with Gasteiger partial charge in [-0.1, -0.05) is 6.92 Å². The maximum atomic E-state index is 11.6. The first-order valence-corrected chi connectivity index (χ1v) is 6.91. The summed E-state index contributed by atoms with van der Waals surface area (Å²) in [6.07, 6.45) is 3.59. The van der Waals surface area contributed by atoms with Gasteiger partial charge in [0.1, 0.15) is 0 Å². The van der Waals surface area contributed by atoms with Crippen molar-refractivity contribution in [2.45, 2.75) is 33.3 Å². The van der Waals surface area contributed by atoms with E-state index in [0.717, 1.165) is 18.8 Å². The van der Waals surface area contributed by atoms with Crippen molar-refractivity contribution in [3.8, 4) is 0 Å². The Balaban J connectivity index is 2.28. The van der Waals surface area contributed by atoms with Crippen molar-refractivity contribution in [3.63, 3.8) is 0 Å². The molecule has 114 valence electrons. The Morgan fingerprint density at radius 1 is 1.48 bits per heavy atom. The fourth-order valence-electron chi connectivity index (χ4n) is 1.94. The molecule has 0 aliphatic carbocycles. The molecule has 21 heavy (non-hydrogen) atoms. The topological polar surface area (TPSA) is 84.7 Å². The first kappa shape index (κ1) is 15.0. The highest BCUT2D eigenvalue weighted by molar-refractivity contribution is 5.83. The van der Waals surface area contributed by atoms with Gasteiger partial charge in [0.2, 0.25) is 11.6 Å². The van der Waals surface area contributed by atoms with E-state index in [0.29, 0.717) is 11.6 Å². The van der Waals surface area contributed by atoms with E-state index in [1.165, 1.54) is 0 Å². The molecule has 0 aromatic carbocycles. The van der Waals surface area contributed by atoms with Crippen LogP contribution >= 0.6 is 0 Å². The van der Waals surface area contributed by atoms with Crippen molar-refractivity contribution in [2.24, 2.45) is 0 Å². The van der Waals surface area contributed by atoms with Crippen LogP contribution < -0.4 is 10.2 Å². The molecule has 2 aromatic heterocycles. The van der Waals surface area contributed by atoms with Gasteiger partial charge < -0.3 is 9.64 Å². The molecule has 2 aromatic rings. The molecule has 0 unspecified atom stereocenters. The van der Waals surface area contributed by atoms with Gasteiger partial charge in [-0.05, 0) is 20.3 Å². The van der Waals surface area contributed by atoms with Crippen LogP contribution in [0.3, 0.4) is 0 Å². The van der Waals surface area contributed by atoms with Crippen molar-refractivity contribution < 1.29 is 9.53 Å². The van der Waals surface area contributed by atoms with Crippen molar-refractivity contribution in [2.75, 3.05) is 23.8 Å². The van der Waals surface area contributed by atoms with E-state index in [-0.39, 0.29) is 6.10 Å². The lowest BCUT2D eigenvalue weighted by atomic mass is 10.4. The molecule has 0 bridgehead atoms. The SMILES string of the molecule is CCCN(C)c1nccn2c(NC(=O)OC(C)C)nnc12. The lowest BCUT2D eigenvalue weighted by molar-refractivity contribution is 0.129. The number of anilines is 2. The lowest BCUT2D eigenvalue weighted by Crippen LogP contribution is -2.21. The van der Waals surface area contributed by atoms with Gasteiger partial charge >= 0.3 is 6.09 Å². The van der Waals surface area contributed by atoms with Gasteiger partial charge in [0.05, 0.1) is 6.10 Å². The molecule has 8 nitrogen and oxygen atoms in total. The molecule has 2 heterocycles. The zero-order chi connectivity index (χ0) is 15.4. The Hall–Kier alpha value is -2.38. The van der Waals surface area contributed by atoms with E-state index in [4.69, 9.17) is 4.74 Å². The molecular weight excluding hydrogens is 272 g/mol. The second kappa shape index (κ2) is 6.38. The molecule has 0 atom stereocenters. The third-order valence-electron chi connectivity index (χ3n) is 2.79. The number of fused-ring (bicyclic) bond motifs is 1. The molecule has 0 saturated carbocycles. The van der Waals surface area contributed by atoms with Gasteiger partial charge in [0, 0.05) is 26.0 Å². The number of nitrogens with one attached hydrogen (secondary N) is 1. The first-order chi connectivity index (χ1) is 10.0. The zero-order valence-corrected chi connectivity index (χ0v) is 12.7. The van der Waals surface area contributed by atoms with Gasteiger partial charge in [0.15, 0.2) is 5.82 Å². The number of aromatic nitrogens is 4. The van der Waals surface area contributed by atoms with Crippen LogP contribution in [-0.4, -0.2) is 45.4 Å². The first-order valence-electron chi connectivity index (χ1n) is 6.91. The summed E-state index contributed by atoms with van der Waals surface area (Å²) in [6.45, 7) is 6.51. The van der Waals surface area contributed by atoms with Crippen molar-refractivity contribution in [1.29, 1.82) is 0 Å². The lowest BCUT2D eigenvalue weighted by Gasteiger charge is -2.17. The molecule has 1 amide bonds. The van der Waals surface area contributed by atoms with E-state index in [9.17, 15) is 4.79 Å². The minimum Gasteiger partial charge on any atom is -0.447 e. The molecule has 0 saturated heterocycles. The molecule has 1 N–H and O–H groups in total. The van der Waals surface area contributed by atoms with Crippen LogP contribution in [0.2, 0.25) is 0 Å². The maximum Gasteiger partial charge on any atom is 0.414 e. The second-order valence-corrected chi connectivity index (χ2v) is 4.97. The molecule has 8 heteroatoms. The summed E-state index contributed by atoms with van der Waals surface area (Å²) in [7, 11) is 1.95. The van der Waals surface area contributed by atoms with Crippen molar-refractivity contribution >= 4 is 23.5 Å². The number of hydrogen-bond acceptors (Lipinski definition) is 6. The number of rotatable bonds is 5. The summed E-state index contributed by atoms with van der Waals surface area (Å²) in [5, 5.41) is 10.6. The number of ether oxygens (including phenoxy) is 1. The highest BCUT2D eigenvalue weighted by atomic mass is 16.6. The summed E-state index contributed by atoms with van der Waals surface area (Å²) in [4.78, 5) is 18.0. The monoisotopic (exact) mass is 292 g/mol. The number of carbonyl (C=O) groups excluding carboxylic acids is 1. The highest BCUT2D eigenvalue weighted by Gasteiger charge is 2.15. The predicted octanol–water partition coefficient (Wildman–Crippen LogP) is 1.93. The number of hydrogen-bond donors (Lipinski definition) is 1. The Kier molecular flexibility index (Phi) is 4.56. The third-order valence-corrected chi connectivity index (χ3v) is 2.79. The molecular formula is C13H20N6O2.